The van der Waals surface area contributed by atoms with Crippen LogP contribution in [0.4, 0.5) is 14.0 Å². The highest BCUT2D eigenvalue weighted by atomic mass is 19.1. The van der Waals surface area contributed by atoms with Gasteiger partial charge in [-0.1, -0.05) is 12.1 Å². The normalized spacial score (nSPS) is 16.8. The van der Waals surface area contributed by atoms with Crippen LogP contribution in [0.1, 0.15) is 25.3 Å². The molecule has 1 aromatic rings. The fraction of sp³-hybridized carbons (Fsp3) is 0.529. The maximum absolute atomic E-state index is 13.1. The first-order valence-corrected chi connectivity index (χ1v) is 8.40. The van der Waals surface area contributed by atoms with Crippen molar-refractivity contribution in [2.45, 2.75) is 32.2 Å². The van der Waals surface area contributed by atoms with Crippen molar-refractivity contribution < 1.29 is 14.0 Å². The lowest BCUT2D eigenvalue weighted by molar-refractivity contribution is 0.207. The van der Waals surface area contributed by atoms with Gasteiger partial charge in [-0.3, -0.25) is 0 Å². The number of hydrogen-bond acceptors (Lipinski definition) is 2. The summed E-state index contributed by atoms with van der Waals surface area (Å²) in [6, 6.07) is 6.16. The monoisotopic (exact) mass is 336 g/mol. The summed E-state index contributed by atoms with van der Waals surface area (Å²) in [6.45, 7) is 4.17. The molecule has 1 heterocycles. The molecule has 132 valence electrons. The quantitative estimate of drug-likeness (QED) is 0.694. The first kappa shape index (κ1) is 18.0. The molecule has 0 spiro atoms. The number of urea groups is 2. The van der Waals surface area contributed by atoms with Gasteiger partial charge in [-0.15, -0.1) is 0 Å². The number of carbonyl (C=O) groups is 2. The molecule has 1 saturated heterocycles. The van der Waals surface area contributed by atoms with Crippen LogP contribution >= 0.6 is 0 Å². The molecule has 0 saturated carbocycles. The minimum Gasteiger partial charge on any atom is -0.338 e. The number of amides is 4. The second-order valence-corrected chi connectivity index (χ2v) is 5.90. The van der Waals surface area contributed by atoms with E-state index in [-0.39, 0.29) is 23.9 Å². The first-order chi connectivity index (χ1) is 11.6. The third-order valence-corrected chi connectivity index (χ3v) is 3.96. The lowest BCUT2D eigenvalue weighted by atomic mass is 10.1. The number of likely N-dealkylation sites (tertiary alicyclic amines) is 1. The van der Waals surface area contributed by atoms with Crippen molar-refractivity contribution in [3.8, 4) is 0 Å². The highest BCUT2D eigenvalue weighted by Gasteiger charge is 2.26. The van der Waals surface area contributed by atoms with Gasteiger partial charge in [0, 0.05) is 32.2 Å². The summed E-state index contributed by atoms with van der Waals surface area (Å²) in [5, 5.41) is 8.44. The SMILES string of the molecule is CCNC(=O)N1CC[C@@H](NC(=O)NCCCc2cccc(F)c2)C1. The van der Waals surface area contributed by atoms with Crippen molar-refractivity contribution in [1.29, 1.82) is 0 Å². The Balaban J connectivity index is 1.61. The van der Waals surface area contributed by atoms with Gasteiger partial charge in [0.1, 0.15) is 5.82 Å². The average molecular weight is 336 g/mol. The Labute approximate surface area is 141 Å². The third kappa shape index (κ3) is 5.72. The largest absolute Gasteiger partial charge is 0.338 e. The van der Waals surface area contributed by atoms with Crippen LogP contribution < -0.4 is 16.0 Å². The zero-order valence-electron chi connectivity index (χ0n) is 14.0. The van der Waals surface area contributed by atoms with Gasteiger partial charge in [-0.2, -0.15) is 0 Å². The summed E-state index contributed by atoms with van der Waals surface area (Å²) < 4.78 is 13.1. The van der Waals surface area contributed by atoms with Gasteiger partial charge in [0.15, 0.2) is 0 Å². The Kier molecular flexibility index (Phi) is 6.84. The van der Waals surface area contributed by atoms with E-state index in [4.69, 9.17) is 0 Å². The molecule has 0 radical (unpaired) electrons. The first-order valence-electron chi connectivity index (χ1n) is 8.40. The third-order valence-electron chi connectivity index (χ3n) is 3.96. The Morgan fingerprint density at radius 3 is 2.92 bits per heavy atom. The summed E-state index contributed by atoms with van der Waals surface area (Å²) in [4.78, 5) is 25.3. The zero-order valence-corrected chi connectivity index (χ0v) is 14.0. The summed E-state index contributed by atoms with van der Waals surface area (Å²) in [5.41, 5.74) is 0.922. The molecule has 3 N–H and O–H groups in total. The van der Waals surface area contributed by atoms with Gasteiger partial charge >= 0.3 is 12.1 Å². The summed E-state index contributed by atoms with van der Waals surface area (Å²) in [5.74, 6) is -0.240. The molecule has 6 nitrogen and oxygen atoms in total. The highest BCUT2D eigenvalue weighted by Crippen LogP contribution is 2.09. The molecule has 0 aromatic heterocycles. The van der Waals surface area contributed by atoms with Gasteiger partial charge in [0.2, 0.25) is 0 Å². The molecule has 1 aromatic carbocycles. The minimum absolute atomic E-state index is 0.0178. The number of carbonyl (C=O) groups excluding carboxylic acids is 2. The van der Waals surface area contributed by atoms with Crippen LogP contribution in [0, 0.1) is 5.82 Å². The Morgan fingerprint density at radius 2 is 2.17 bits per heavy atom. The van der Waals surface area contributed by atoms with Crippen molar-refractivity contribution in [2.75, 3.05) is 26.2 Å². The van der Waals surface area contributed by atoms with Gasteiger partial charge < -0.3 is 20.9 Å². The smallest absolute Gasteiger partial charge is 0.317 e. The van der Waals surface area contributed by atoms with E-state index in [1.807, 2.05) is 13.0 Å². The molecule has 1 aliphatic rings. The van der Waals surface area contributed by atoms with Crippen LogP contribution in [0.15, 0.2) is 24.3 Å². The molecule has 4 amide bonds. The topological polar surface area (TPSA) is 73.5 Å². The highest BCUT2D eigenvalue weighted by molar-refractivity contribution is 5.76. The fourth-order valence-corrected chi connectivity index (χ4v) is 2.75. The van der Waals surface area contributed by atoms with E-state index in [0.717, 1.165) is 18.4 Å². The van der Waals surface area contributed by atoms with E-state index in [0.29, 0.717) is 32.6 Å². The van der Waals surface area contributed by atoms with E-state index in [9.17, 15) is 14.0 Å². The second-order valence-electron chi connectivity index (χ2n) is 5.90. The van der Waals surface area contributed by atoms with Gasteiger partial charge in [0.05, 0.1) is 0 Å². The van der Waals surface area contributed by atoms with Crippen LogP contribution in [-0.2, 0) is 6.42 Å². The fourth-order valence-electron chi connectivity index (χ4n) is 2.75. The van der Waals surface area contributed by atoms with Gasteiger partial charge in [0.25, 0.3) is 0 Å². The van der Waals surface area contributed by atoms with Gasteiger partial charge in [-0.05, 0) is 43.9 Å². The zero-order chi connectivity index (χ0) is 17.4. The maximum Gasteiger partial charge on any atom is 0.317 e. The van der Waals surface area contributed by atoms with Gasteiger partial charge in [-0.25, -0.2) is 14.0 Å². The maximum atomic E-state index is 13.1. The standard InChI is InChI=1S/C17H25FN4O2/c1-2-19-17(24)22-10-8-15(12-22)21-16(23)20-9-4-6-13-5-3-7-14(18)11-13/h3,5,7,11,15H,2,4,6,8-10,12H2,1H3,(H,19,24)(H2,20,21,23)/t15-/m1/s1. The number of aryl methyl sites for hydroxylation is 1. The molecule has 0 aliphatic carbocycles. The van der Waals surface area contributed by atoms with Crippen molar-refractivity contribution in [2.24, 2.45) is 0 Å². The van der Waals surface area contributed by atoms with Crippen LogP contribution in [0.3, 0.4) is 0 Å². The van der Waals surface area contributed by atoms with E-state index in [2.05, 4.69) is 16.0 Å². The van der Waals surface area contributed by atoms with E-state index in [1.54, 1.807) is 11.0 Å². The molecule has 7 heteroatoms. The summed E-state index contributed by atoms with van der Waals surface area (Å²) in [7, 11) is 0. The number of nitrogens with one attached hydrogen (secondary N) is 3. The molecule has 1 atom stereocenters. The number of rotatable bonds is 6. The number of halogens is 1. The molecule has 24 heavy (non-hydrogen) atoms. The molecular formula is C17H25FN4O2. The Bertz CT molecular complexity index is 567. The van der Waals surface area contributed by atoms with E-state index >= 15 is 0 Å². The van der Waals surface area contributed by atoms with Crippen LogP contribution in [0.25, 0.3) is 0 Å². The second kappa shape index (κ2) is 9.10. The average Bonchev–Trinajstić information content (AvgIpc) is 3.00. The van der Waals surface area contributed by atoms with Crippen molar-refractivity contribution in [3.05, 3.63) is 35.6 Å². The Morgan fingerprint density at radius 1 is 1.33 bits per heavy atom. The molecule has 0 unspecified atom stereocenters. The van der Waals surface area contributed by atoms with Crippen molar-refractivity contribution >= 4 is 12.1 Å². The Hall–Kier alpha value is -2.31. The lowest BCUT2D eigenvalue weighted by Crippen LogP contribution is -2.45. The predicted molar refractivity (Wildman–Crippen MR) is 90.3 cm³/mol. The molecule has 0 bridgehead atoms. The lowest BCUT2D eigenvalue weighted by Gasteiger charge is -2.17. The number of hydrogen-bond donors (Lipinski definition) is 3. The molecule has 1 fully saturated rings. The summed E-state index contributed by atoms with van der Waals surface area (Å²) in [6.07, 6.45) is 2.22. The van der Waals surface area contributed by atoms with Crippen molar-refractivity contribution in [1.82, 2.24) is 20.9 Å². The number of benzene rings is 1. The summed E-state index contributed by atoms with van der Waals surface area (Å²) >= 11 is 0. The van der Waals surface area contributed by atoms with Crippen LogP contribution in [0.2, 0.25) is 0 Å². The van der Waals surface area contributed by atoms with Crippen LogP contribution in [-0.4, -0.2) is 49.2 Å². The number of nitrogens with zero attached hydrogens (tertiary/aromatic N) is 1. The molecular weight excluding hydrogens is 311 g/mol. The van der Waals surface area contributed by atoms with Crippen LogP contribution in [0.5, 0.6) is 0 Å². The predicted octanol–water partition coefficient (Wildman–Crippen LogP) is 1.86. The molecule has 2 rings (SSSR count). The minimum atomic E-state index is -0.240. The van der Waals surface area contributed by atoms with Crippen molar-refractivity contribution in [3.63, 3.8) is 0 Å². The molecule has 1 aliphatic heterocycles. The van der Waals surface area contributed by atoms with E-state index in [1.165, 1.54) is 12.1 Å². The van der Waals surface area contributed by atoms with E-state index < -0.39 is 0 Å².